The zero-order chi connectivity index (χ0) is 22.4. The van der Waals surface area contributed by atoms with Crippen LogP contribution in [0.2, 0.25) is 0 Å². The van der Waals surface area contributed by atoms with Crippen LogP contribution in [0.15, 0.2) is 18.2 Å². The number of carbonyl (C=O) groups is 1. The van der Waals surface area contributed by atoms with Crippen LogP contribution in [0, 0.1) is 6.92 Å². The Labute approximate surface area is 190 Å². The highest BCUT2D eigenvalue weighted by Crippen LogP contribution is 2.42. The molecule has 1 saturated heterocycles. The third kappa shape index (κ3) is 3.85. The van der Waals surface area contributed by atoms with Crippen molar-refractivity contribution in [3.8, 4) is 27.8 Å². The van der Waals surface area contributed by atoms with E-state index in [4.69, 9.17) is 14.8 Å². The Morgan fingerprint density at radius 2 is 2.12 bits per heavy atom. The Hall–Kier alpha value is -2.62. The number of aliphatic hydroxyl groups is 1. The van der Waals surface area contributed by atoms with Crippen LogP contribution in [-0.2, 0) is 11.2 Å². The molecular weight excluding hydrogens is 426 g/mol. The van der Waals surface area contributed by atoms with Crippen LogP contribution in [0.1, 0.15) is 42.1 Å². The van der Waals surface area contributed by atoms with Crippen molar-refractivity contribution in [3.05, 3.63) is 34.5 Å². The molecule has 5 rings (SSSR count). The molecule has 1 N–H and O–H groups in total. The topological polar surface area (TPSA) is 93.4 Å². The third-order valence-electron chi connectivity index (χ3n) is 5.97. The summed E-state index contributed by atoms with van der Waals surface area (Å²) in [5.41, 5.74) is 3.21. The van der Waals surface area contributed by atoms with Gasteiger partial charge >= 0.3 is 0 Å². The van der Waals surface area contributed by atoms with E-state index >= 15 is 0 Å². The molecular formula is C23H27N5O3S. The van der Waals surface area contributed by atoms with Crippen molar-refractivity contribution in [2.75, 3.05) is 32.8 Å². The summed E-state index contributed by atoms with van der Waals surface area (Å²) >= 11 is 1.67. The van der Waals surface area contributed by atoms with Gasteiger partial charge in [-0.25, -0.2) is 14.6 Å². The molecule has 3 aromatic rings. The van der Waals surface area contributed by atoms with Crippen LogP contribution in [0.25, 0.3) is 22.1 Å². The largest absolute Gasteiger partial charge is 0.492 e. The number of likely N-dealkylation sites (tertiary alicyclic amines) is 1. The van der Waals surface area contributed by atoms with Crippen molar-refractivity contribution < 1.29 is 14.6 Å². The van der Waals surface area contributed by atoms with Gasteiger partial charge in [0.1, 0.15) is 18.2 Å². The average Bonchev–Trinajstić information content (AvgIpc) is 3.29. The molecule has 0 amide bonds. The lowest BCUT2D eigenvalue weighted by Gasteiger charge is -2.39. The molecule has 0 radical (unpaired) electrons. The van der Waals surface area contributed by atoms with Gasteiger partial charge in [-0.1, -0.05) is 6.07 Å². The van der Waals surface area contributed by atoms with Gasteiger partial charge in [0, 0.05) is 41.9 Å². The maximum absolute atomic E-state index is 11.4. The van der Waals surface area contributed by atoms with Crippen molar-refractivity contribution >= 4 is 17.1 Å². The van der Waals surface area contributed by atoms with Crippen LogP contribution < -0.4 is 4.74 Å². The van der Waals surface area contributed by atoms with Crippen molar-refractivity contribution in [1.29, 1.82) is 0 Å². The normalized spacial score (nSPS) is 16.3. The molecule has 0 atom stereocenters. The number of ketones is 1. The van der Waals surface area contributed by atoms with Crippen molar-refractivity contribution in [2.45, 2.75) is 39.2 Å². The molecule has 9 heteroatoms. The van der Waals surface area contributed by atoms with Gasteiger partial charge < -0.3 is 9.84 Å². The van der Waals surface area contributed by atoms with E-state index in [1.807, 2.05) is 11.6 Å². The molecule has 4 heterocycles. The van der Waals surface area contributed by atoms with Crippen LogP contribution in [0.4, 0.5) is 0 Å². The summed E-state index contributed by atoms with van der Waals surface area (Å²) in [6.07, 6.45) is 0.812. The Balaban J connectivity index is 1.42. The Morgan fingerprint density at radius 3 is 2.88 bits per heavy atom. The number of ether oxygens (including phenoxy) is 1. The lowest BCUT2D eigenvalue weighted by atomic mass is 9.90. The molecule has 0 bridgehead atoms. The van der Waals surface area contributed by atoms with E-state index in [1.54, 1.807) is 11.3 Å². The van der Waals surface area contributed by atoms with E-state index in [0.717, 1.165) is 53.2 Å². The highest BCUT2D eigenvalue weighted by Gasteiger charge is 2.31. The molecule has 0 aliphatic carbocycles. The smallest absolute Gasteiger partial charge is 0.187 e. The number of hydrogen-bond acceptors (Lipinski definition) is 8. The Bertz CT molecular complexity index is 1160. The quantitative estimate of drug-likeness (QED) is 0.613. The number of Topliss-reactive ketones (excluding diaryl/α,β-unsaturated/α-hetero) is 1. The average molecular weight is 454 g/mol. The molecule has 2 aliphatic heterocycles. The molecule has 0 spiro atoms. The summed E-state index contributed by atoms with van der Waals surface area (Å²) in [4.78, 5) is 24.3. The van der Waals surface area contributed by atoms with Crippen molar-refractivity contribution in [1.82, 2.24) is 24.6 Å². The molecule has 0 unspecified atom stereocenters. The first-order valence-corrected chi connectivity index (χ1v) is 11.8. The number of aryl methyl sites for hydroxylation is 1. The molecule has 1 aromatic carbocycles. The maximum Gasteiger partial charge on any atom is 0.187 e. The predicted octanol–water partition coefficient (Wildman–Crippen LogP) is 2.85. The first kappa shape index (κ1) is 21.2. The van der Waals surface area contributed by atoms with E-state index < -0.39 is 6.61 Å². The number of nitrogens with zero attached hydrogens (tertiary/aromatic N) is 5. The number of carbonyl (C=O) groups excluding carboxylic acids is 1. The van der Waals surface area contributed by atoms with Gasteiger partial charge in [0.05, 0.1) is 18.8 Å². The minimum atomic E-state index is -0.390. The maximum atomic E-state index is 11.4. The minimum Gasteiger partial charge on any atom is -0.492 e. The van der Waals surface area contributed by atoms with Gasteiger partial charge in [-0.2, -0.15) is 5.10 Å². The first-order chi connectivity index (χ1) is 15.4. The summed E-state index contributed by atoms with van der Waals surface area (Å²) in [5.74, 6) is 2.68. The van der Waals surface area contributed by atoms with E-state index in [-0.39, 0.29) is 11.8 Å². The molecule has 32 heavy (non-hydrogen) atoms. The predicted molar refractivity (Wildman–Crippen MR) is 122 cm³/mol. The van der Waals surface area contributed by atoms with Gasteiger partial charge in [0.15, 0.2) is 16.6 Å². The second kappa shape index (κ2) is 8.38. The van der Waals surface area contributed by atoms with Crippen LogP contribution in [0.5, 0.6) is 5.75 Å². The fraction of sp³-hybridized carbons (Fsp3) is 0.478. The number of rotatable bonds is 6. The second-order valence-electron chi connectivity index (χ2n) is 8.75. The fourth-order valence-electron chi connectivity index (χ4n) is 4.33. The number of benzene rings is 1. The zero-order valence-electron chi connectivity index (χ0n) is 18.5. The van der Waals surface area contributed by atoms with E-state index in [9.17, 15) is 4.79 Å². The molecule has 0 saturated carbocycles. The number of aromatic nitrogens is 4. The van der Waals surface area contributed by atoms with Crippen LogP contribution in [0.3, 0.4) is 0 Å². The van der Waals surface area contributed by atoms with Gasteiger partial charge in [-0.05, 0) is 38.5 Å². The molecule has 2 aliphatic rings. The van der Waals surface area contributed by atoms with Crippen LogP contribution in [-0.4, -0.2) is 68.4 Å². The molecule has 8 nitrogen and oxygen atoms in total. The Morgan fingerprint density at radius 1 is 1.31 bits per heavy atom. The van der Waals surface area contributed by atoms with Gasteiger partial charge in [-0.3, -0.25) is 9.69 Å². The van der Waals surface area contributed by atoms with Gasteiger partial charge in [0.25, 0.3) is 0 Å². The summed E-state index contributed by atoms with van der Waals surface area (Å²) in [5, 5.41) is 14.4. The monoisotopic (exact) mass is 453 g/mol. The summed E-state index contributed by atoms with van der Waals surface area (Å²) < 4.78 is 8.04. The molecule has 168 valence electrons. The molecule has 2 aromatic heterocycles. The summed E-state index contributed by atoms with van der Waals surface area (Å²) in [6, 6.07) is 6.59. The highest BCUT2D eigenvalue weighted by atomic mass is 32.1. The van der Waals surface area contributed by atoms with E-state index in [2.05, 4.69) is 47.0 Å². The third-order valence-corrected chi connectivity index (χ3v) is 7.08. The SMILES string of the molecule is Cc1nc(-c2nc3c(s2)CCOc2cc(C4CN(CC(=O)CO)C4)ccc2-3)n(C(C)C)n1. The van der Waals surface area contributed by atoms with E-state index in [0.29, 0.717) is 19.1 Å². The lowest BCUT2D eigenvalue weighted by Crippen LogP contribution is -2.47. The van der Waals surface area contributed by atoms with Crippen molar-refractivity contribution in [3.63, 3.8) is 0 Å². The van der Waals surface area contributed by atoms with Crippen molar-refractivity contribution in [2.24, 2.45) is 0 Å². The minimum absolute atomic E-state index is 0.135. The van der Waals surface area contributed by atoms with Gasteiger partial charge in [-0.15, -0.1) is 11.3 Å². The molecule has 1 fully saturated rings. The first-order valence-electron chi connectivity index (χ1n) is 11.0. The lowest BCUT2D eigenvalue weighted by molar-refractivity contribution is -0.123. The van der Waals surface area contributed by atoms with Crippen LogP contribution >= 0.6 is 11.3 Å². The standard InChI is InChI=1S/C23H27N5O3S/c1-13(2)28-22(24-14(3)26-28)23-25-21-18-5-4-15(8-19(18)31-7-6-20(21)32-23)16-9-27(10-16)11-17(30)12-29/h4-5,8,13,16,29H,6-7,9-12H2,1-3H3. The van der Waals surface area contributed by atoms with E-state index in [1.165, 1.54) is 10.4 Å². The van der Waals surface area contributed by atoms with Gasteiger partial charge in [0.2, 0.25) is 0 Å². The fourth-order valence-corrected chi connectivity index (χ4v) is 5.37. The number of fused-ring (bicyclic) bond motifs is 3. The zero-order valence-corrected chi connectivity index (χ0v) is 19.4. The summed E-state index contributed by atoms with van der Waals surface area (Å²) in [7, 11) is 0. The number of hydrogen-bond donors (Lipinski definition) is 1. The highest BCUT2D eigenvalue weighted by molar-refractivity contribution is 7.15. The number of aliphatic hydroxyl groups excluding tert-OH is 1. The number of thiazole rings is 1. The second-order valence-corrected chi connectivity index (χ2v) is 9.84. The summed E-state index contributed by atoms with van der Waals surface area (Å²) in [6.45, 7) is 8.29. The Kier molecular flexibility index (Phi) is 5.56.